The van der Waals surface area contributed by atoms with Crippen molar-refractivity contribution in [3.05, 3.63) is 30.1 Å². The van der Waals surface area contributed by atoms with Crippen LogP contribution in [0.15, 0.2) is 29.2 Å². The minimum absolute atomic E-state index is 0.227. The third-order valence-electron chi connectivity index (χ3n) is 2.42. The van der Waals surface area contributed by atoms with Gasteiger partial charge in [0.05, 0.1) is 6.61 Å². The van der Waals surface area contributed by atoms with Gasteiger partial charge in [-0.25, -0.2) is 17.5 Å². The van der Waals surface area contributed by atoms with Crippen LogP contribution in [0.2, 0.25) is 0 Å². The van der Waals surface area contributed by atoms with Crippen molar-refractivity contribution < 1.29 is 17.9 Å². The van der Waals surface area contributed by atoms with Crippen LogP contribution in [0.3, 0.4) is 0 Å². The maximum absolute atomic E-state index is 13.4. The zero-order valence-electron chi connectivity index (χ0n) is 10.4. The van der Waals surface area contributed by atoms with Crippen LogP contribution >= 0.6 is 0 Å². The van der Waals surface area contributed by atoms with Gasteiger partial charge in [-0.3, -0.25) is 0 Å². The van der Waals surface area contributed by atoms with E-state index in [1.165, 1.54) is 18.2 Å². The number of aliphatic hydroxyl groups excluding tert-OH is 1. The molecule has 102 valence electrons. The highest BCUT2D eigenvalue weighted by atomic mass is 32.2. The molecule has 0 aromatic heterocycles. The lowest BCUT2D eigenvalue weighted by molar-refractivity contribution is 0.240. The van der Waals surface area contributed by atoms with Gasteiger partial charge in [0.25, 0.3) is 0 Å². The zero-order valence-corrected chi connectivity index (χ0v) is 11.2. The van der Waals surface area contributed by atoms with E-state index in [1.807, 2.05) is 13.8 Å². The summed E-state index contributed by atoms with van der Waals surface area (Å²) in [7, 11) is -3.93. The molecule has 0 saturated carbocycles. The minimum atomic E-state index is -3.93. The Kier molecular flexibility index (Phi) is 5.25. The summed E-state index contributed by atoms with van der Waals surface area (Å²) in [5.74, 6) is -0.572. The summed E-state index contributed by atoms with van der Waals surface area (Å²) in [6.45, 7) is 3.52. The Hall–Kier alpha value is -0.980. The number of benzene rings is 1. The SMILES string of the molecule is CC(C)C[C@H](CO)NS(=O)(=O)c1ccccc1F. The third-order valence-corrected chi connectivity index (χ3v) is 3.98. The Bertz CT molecular complexity index is 488. The molecule has 0 aliphatic heterocycles. The van der Waals surface area contributed by atoms with Gasteiger partial charge in [-0.05, 0) is 24.5 Å². The van der Waals surface area contributed by atoms with Crippen LogP contribution in [0.5, 0.6) is 0 Å². The molecular formula is C12H18FNO3S. The van der Waals surface area contributed by atoms with Crippen LogP contribution in [0.25, 0.3) is 0 Å². The molecule has 0 unspecified atom stereocenters. The topological polar surface area (TPSA) is 66.4 Å². The molecule has 0 aliphatic rings. The Morgan fingerprint density at radius 3 is 2.44 bits per heavy atom. The first-order chi connectivity index (χ1) is 8.36. The lowest BCUT2D eigenvalue weighted by Gasteiger charge is -2.18. The number of hydrogen-bond acceptors (Lipinski definition) is 3. The number of halogens is 1. The Morgan fingerprint density at radius 2 is 1.94 bits per heavy atom. The number of aliphatic hydroxyl groups is 1. The highest BCUT2D eigenvalue weighted by Gasteiger charge is 2.22. The quantitative estimate of drug-likeness (QED) is 0.827. The van der Waals surface area contributed by atoms with Gasteiger partial charge in [0.2, 0.25) is 10.0 Å². The van der Waals surface area contributed by atoms with Gasteiger partial charge in [-0.15, -0.1) is 0 Å². The highest BCUT2D eigenvalue weighted by molar-refractivity contribution is 7.89. The Balaban J connectivity index is 2.91. The van der Waals surface area contributed by atoms with E-state index in [2.05, 4.69) is 4.72 Å². The van der Waals surface area contributed by atoms with Gasteiger partial charge in [0.15, 0.2) is 0 Å². The molecule has 0 saturated heterocycles. The van der Waals surface area contributed by atoms with Crippen LogP contribution in [0.1, 0.15) is 20.3 Å². The predicted molar refractivity (Wildman–Crippen MR) is 67.1 cm³/mol. The van der Waals surface area contributed by atoms with Crippen LogP contribution in [0.4, 0.5) is 4.39 Å². The molecular weight excluding hydrogens is 257 g/mol. The van der Waals surface area contributed by atoms with Crippen LogP contribution in [-0.2, 0) is 10.0 Å². The summed E-state index contributed by atoms with van der Waals surface area (Å²) >= 11 is 0. The number of nitrogens with one attached hydrogen (secondary N) is 1. The smallest absolute Gasteiger partial charge is 0.243 e. The van der Waals surface area contributed by atoms with Gasteiger partial charge in [0, 0.05) is 6.04 Å². The largest absolute Gasteiger partial charge is 0.395 e. The molecule has 1 aromatic carbocycles. The first-order valence-corrected chi connectivity index (χ1v) is 7.23. The average molecular weight is 275 g/mol. The number of sulfonamides is 1. The molecule has 0 spiro atoms. The molecule has 0 amide bonds. The maximum atomic E-state index is 13.4. The standard InChI is InChI=1S/C12H18FNO3S/c1-9(2)7-10(8-15)14-18(16,17)12-6-4-3-5-11(12)13/h3-6,9-10,14-15H,7-8H2,1-2H3/t10-/m1/s1. The van der Waals surface area contributed by atoms with Crippen molar-refractivity contribution in [3.63, 3.8) is 0 Å². The molecule has 0 fully saturated rings. The second kappa shape index (κ2) is 6.26. The van der Waals surface area contributed by atoms with E-state index < -0.39 is 26.8 Å². The maximum Gasteiger partial charge on any atom is 0.243 e. The predicted octanol–water partition coefficient (Wildman–Crippen LogP) is 1.51. The Labute approximate surface area is 107 Å². The highest BCUT2D eigenvalue weighted by Crippen LogP contribution is 2.15. The summed E-state index contributed by atoms with van der Waals surface area (Å²) in [5, 5.41) is 9.13. The summed E-state index contributed by atoms with van der Waals surface area (Å²) < 4.78 is 39.6. The van der Waals surface area contributed by atoms with Gasteiger partial charge in [-0.1, -0.05) is 26.0 Å². The third kappa shape index (κ3) is 4.04. The first-order valence-electron chi connectivity index (χ1n) is 5.74. The van der Waals surface area contributed by atoms with Crippen molar-refractivity contribution in [2.24, 2.45) is 5.92 Å². The lowest BCUT2D eigenvalue weighted by atomic mass is 10.1. The van der Waals surface area contributed by atoms with E-state index in [1.54, 1.807) is 0 Å². The van der Waals surface area contributed by atoms with Crippen molar-refractivity contribution in [2.45, 2.75) is 31.2 Å². The molecule has 1 atom stereocenters. The van der Waals surface area contributed by atoms with E-state index in [0.717, 1.165) is 6.07 Å². The normalized spacial score (nSPS) is 13.8. The van der Waals surface area contributed by atoms with Gasteiger partial charge in [-0.2, -0.15) is 0 Å². The summed E-state index contributed by atoms with van der Waals surface area (Å²) in [6.07, 6.45) is 0.490. The number of hydrogen-bond donors (Lipinski definition) is 2. The van der Waals surface area contributed by atoms with Crippen molar-refractivity contribution in [1.29, 1.82) is 0 Å². The summed E-state index contributed by atoms with van der Waals surface area (Å²) in [5.41, 5.74) is 0. The van der Waals surface area contributed by atoms with Crippen LogP contribution in [0, 0.1) is 11.7 Å². The van der Waals surface area contributed by atoms with E-state index in [0.29, 0.717) is 6.42 Å². The number of rotatable bonds is 6. The van der Waals surface area contributed by atoms with E-state index in [4.69, 9.17) is 5.11 Å². The van der Waals surface area contributed by atoms with E-state index in [-0.39, 0.29) is 12.5 Å². The summed E-state index contributed by atoms with van der Waals surface area (Å²) in [4.78, 5) is -0.396. The molecule has 2 N–H and O–H groups in total. The van der Waals surface area contributed by atoms with Crippen molar-refractivity contribution >= 4 is 10.0 Å². The molecule has 0 radical (unpaired) electrons. The first kappa shape index (κ1) is 15.1. The van der Waals surface area contributed by atoms with Crippen molar-refractivity contribution in [1.82, 2.24) is 4.72 Å². The van der Waals surface area contributed by atoms with Crippen molar-refractivity contribution in [3.8, 4) is 0 Å². The monoisotopic (exact) mass is 275 g/mol. The summed E-state index contributed by atoms with van der Waals surface area (Å²) in [6, 6.07) is 4.56. The van der Waals surface area contributed by atoms with Crippen molar-refractivity contribution in [2.75, 3.05) is 6.61 Å². The minimum Gasteiger partial charge on any atom is -0.395 e. The van der Waals surface area contributed by atoms with Gasteiger partial charge in [0.1, 0.15) is 10.7 Å². The molecule has 1 rings (SSSR count). The fourth-order valence-electron chi connectivity index (χ4n) is 1.67. The molecule has 18 heavy (non-hydrogen) atoms. The van der Waals surface area contributed by atoms with Gasteiger partial charge < -0.3 is 5.11 Å². The molecule has 0 bridgehead atoms. The molecule has 1 aromatic rings. The van der Waals surface area contributed by atoms with E-state index in [9.17, 15) is 12.8 Å². The fraction of sp³-hybridized carbons (Fsp3) is 0.500. The van der Waals surface area contributed by atoms with Gasteiger partial charge >= 0.3 is 0 Å². The molecule has 6 heteroatoms. The zero-order chi connectivity index (χ0) is 13.8. The average Bonchev–Trinajstić information content (AvgIpc) is 2.27. The Morgan fingerprint density at radius 1 is 1.33 bits per heavy atom. The second-order valence-electron chi connectivity index (χ2n) is 4.56. The second-order valence-corrected chi connectivity index (χ2v) is 6.24. The lowest BCUT2D eigenvalue weighted by Crippen LogP contribution is -2.38. The van der Waals surface area contributed by atoms with Crippen LogP contribution < -0.4 is 4.72 Å². The molecule has 4 nitrogen and oxygen atoms in total. The molecule has 0 heterocycles. The van der Waals surface area contributed by atoms with Crippen LogP contribution in [-0.4, -0.2) is 26.2 Å². The fourth-order valence-corrected chi connectivity index (χ4v) is 2.99. The van der Waals surface area contributed by atoms with E-state index >= 15 is 0 Å². The molecule has 0 aliphatic carbocycles.